The van der Waals surface area contributed by atoms with Crippen LogP contribution in [0.2, 0.25) is 0 Å². The molecule has 0 spiro atoms. The first-order valence-corrected chi connectivity index (χ1v) is 8.50. The molecule has 1 aromatic carbocycles. The predicted octanol–water partition coefficient (Wildman–Crippen LogP) is 3.65. The Bertz CT molecular complexity index is 460. The molecule has 0 amide bonds. The van der Waals surface area contributed by atoms with Crippen molar-refractivity contribution in [1.29, 1.82) is 0 Å². The van der Waals surface area contributed by atoms with Crippen LogP contribution in [0, 0.1) is 0 Å². The van der Waals surface area contributed by atoms with Crippen molar-refractivity contribution < 1.29 is 0 Å². The van der Waals surface area contributed by atoms with E-state index in [9.17, 15) is 0 Å². The minimum Gasteiger partial charge on any atom is -0.299 e. The lowest BCUT2D eigenvalue weighted by molar-refractivity contribution is 0.122. The van der Waals surface area contributed by atoms with Crippen LogP contribution in [-0.4, -0.2) is 48.6 Å². The molecule has 0 saturated carbocycles. The highest BCUT2D eigenvalue weighted by Gasteiger charge is 2.26. The van der Waals surface area contributed by atoms with Crippen molar-refractivity contribution >= 4 is 6.08 Å². The Labute approximate surface area is 129 Å². The van der Waals surface area contributed by atoms with Gasteiger partial charge >= 0.3 is 0 Å². The zero-order valence-electron chi connectivity index (χ0n) is 13.3. The Hall–Kier alpha value is -1.12. The topological polar surface area (TPSA) is 6.48 Å². The van der Waals surface area contributed by atoms with Gasteiger partial charge in [-0.3, -0.25) is 9.80 Å². The molecule has 0 radical (unpaired) electrons. The second-order valence-electron chi connectivity index (χ2n) is 6.68. The molecule has 114 valence electrons. The first-order chi connectivity index (χ1) is 10.3. The van der Waals surface area contributed by atoms with Crippen LogP contribution in [0.1, 0.15) is 38.2 Å². The maximum Gasteiger partial charge on any atom is 0.0223 e. The van der Waals surface area contributed by atoms with E-state index in [1.165, 1.54) is 63.0 Å². The van der Waals surface area contributed by atoms with Gasteiger partial charge < -0.3 is 0 Å². The molecule has 2 nitrogen and oxygen atoms in total. The summed E-state index contributed by atoms with van der Waals surface area (Å²) in [7, 11) is 0. The Morgan fingerprint density at radius 3 is 2.62 bits per heavy atom. The Balaban J connectivity index is 1.55. The summed E-state index contributed by atoms with van der Waals surface area (Å²) in [5.41, 5.74) is 2.80. The lowest BCUT2D eigenvalue weighted by atomic mass is 10.0. The number of benzene rings is 1. The van der Waals surface area contributed by atoms with Gasteiger partial charge in [-0.15, -0.1) is 0 Å². The summed E-state index contributed by atoms with van der Waals surface area (Å²) in [6.07, 6.45) is 7.91. The standard InChI is InChI=1S/C19H28N2/c1-17(14-18-8-3-2-4-9-18)15-20-11-7-10-19(16-20)21-12-5-6-13-21/h2-4,8-9,14,19H,5-7,10-13,15-16H2,1H3/b17-14+/t19-/m1/s1. The SMILES string of the molecule is C/C(=C\c1ccccc1)CN1CCC[C@@H](N2CCCC2)C1. The van der Waals surface area contributed by atoms with E-state index in [-0.39, 0.29) is 0 Å². The minimum atomic E-state index is 0.811. The maximum absolute atomic E-state index is 2.72. The molecule has 1 atom stereocenters. The first kappa shape index (κ1) is 14.8. The van der Waals surface area contributed by atoms with Gasteiger partial charge in [0.1, 0.15) is 0 Å². The van der Waals surface area contributed by atoms with Crippen molar-refractivity contribution in [3.05, 3.63) is 41.5 Å². The van der Waals surface area contributed by atoms with E-state index in [0.29, 0.717) is 0 Å². The molecule has 2 aliphatic heterocycles. The van der Waals surface area contributed by atoms with Gasteiger partial charge in [-0.05, 0) is 57.8 Å². The van der Waals surface area contributed by atoms with Crippen LogP contribution in [-0.2, 0) is 0 Å². The Morgan fingerprint density at radius 1 is 1.10 bits per heavy atom. The summed E-state index contributed by atoms with van der Waals surface area (Å²) >= 11 is 0. The van der Waals surface area contributed by atoms with Crippen molar-refractivity contribution in [3.63, 3.8) is 0 Å². The lowest BCUT2D eigenvalue weighted by Gasteiger charge is -2.37. The molecule has 0 N–H and O–H groups in total. The van der Waals surface area contributed by atoms with Gasteiger partial charge in [0.05, 0.1) is 0 Å². The quantitative estimate of drug-likeness (QED) is 0.832. The fraction of sp³-hybridized carbons (Fsp3) is 0.579. The molecule has 2 aliphatic rings. The van der Waals surface area contributed by atoms with Crippen molar-refractivity contribution in [1.82, 2.24) is 9.80 Å². The molecule has 2 heterocycles. The van der Waals surface area contributed by atoms with Crippen LogP contribution in [0.5, 0.6) is 0 Å². The number of hydrogen-bond donors (Lipinski definition) is 0. The average molecular weight is 284 g/mol. The number of likely N-dealkylation sites (tertiary alicyclic amines) is 2. The maximum atomic E-state index is 2.72. The molecule has 21 heavy (non-hydrogen) atoms. The smallest absolute Gasteiger partial charge is 0.0223 e. The Morgan fingerprint density at radius 2 is 1.86 bits per heavy atom. The number of hydrogen-bond acceptors (Lipinski definition) is 2. The average Bonchev–Trinajstić information content (AvgIpc) is 3.02. The van der Waals surface area contributed by atoms with E-state index in [4.69, 9.17) is 0 Å². The highest BCUT2D eigenvalue weighted by Crippen LogP contribution is 2.21. The van der Waals surface area contributed by atoms with Crippen molar-refractivity contribution in [3.8, 4) is 0 Å². The second kappa shape index (κ2) is 7.24. The van der Waals surface area contributed by atoms with Crippen LogP contribution >= 0.6 is 0 Å². The van der Waals surface area contributed by atoms with Crippen LogP contribution in [0.3, 0.4) is 0 Å². The number of rotatable bonds is 4. The van der Waals surface area contributed by atoms with Crippen molar-refractivity contribution in [2.24, 2.45) is 0 Å². The van der Waals surface area contributed by atoms with Gasteiger partial charge in [-0.25, -0.2) is 0 Å². The molecule has 3 rings (SSSR count). The van der Waals surface area contributed by atoms with Gasteiger partial charge in [0.2, 0.25) is 0 Å². The molecule has 2 heteroatoms. The zero-order chi connectivity index (χ0) is 14.5. The van der Waals surface area contributed by atoms with Gasteiger partial charge in [0.25, 0.3) is 0 Å². The van der Waals surface area contributed by atoms with E-state index < -0.39 is 0 Å². The molecule has 1 aromatic rings. The molecular weight excluding hydrogens is 256 g/mol. The van der Waals surface area contributed by atoms with Crippen LogP contribution < -0.4 is 0 Å². The highest BCUT2D eigenvalue weighted by atomic mass is 15.2. The van der Waals surface area contributed by atoms with E-state index in [2.05, 4.69) is 53.1 Å². The molecular formula is C19H28N2. The largest absolute Gasteiger partial charge is 0.299 e. The van der Waals surface area contributed by atoms with E-state index >= 15 is 0 Å². The summed E-state index contributed by atoms with van der Waals surface area (Å²) < 4.78 is 0. The van der Waals surface area contributed by atoms with Gasteiger partial charge in [0.15, 0.2) is 0 Å². The van der Waals surface area contributed by atoms with E-state index in [0.717, 1.165) is 12.6 Å². The van der Waals surface area contributed by atoms with Gasteiger partial charge in [-0.2, -0.15) is 0 Å². The molecule has 0 bridgehead atoms. The first-order valence-electron chi connectivity index (χ1n) is 8.50. The summed E-state index contributed by atoms with van der Waals surface area (Å²) in [6, 6.07) is 11.5. The third-order valence-corrected chi connectivity index (χ3v) is 4.82. The Kier molecular flexibility index (Phi) is 5.10. The van der Waals surface area contributed by atoms with E-state index in [1.54, 1.807) is 0 Å². The summed E-state index contributed by atoms with van der Waals surface area (Å²) in [6.45, 7) is 8.59. The fourth-order valence-electron chi connectivity index (χ4n) is 3.81. The zero-order valence-corrected chi connectivity index (χ0v) is 13.3. The van der Waals surface area contributed by atoms with Crippen molar-refractivity contribution in [2.45, 2.75) is 38.6 Å². The van der Waals surface area contributed by atoms with Gasteiger partial charge in [-0.1, -0.05) is 42.0 Å². The summed E-state index contributed by atoms with van der Waals surface area (Å²) in [5.74, 6) is 0. The fourth-order valence-corrected chi connectivity index (χ4v) is 3.81. The molecule has 2 fully saturated rings. The number of piperidine rings is 1. The molecule has 2 saturated heterocycles. The molecule has 0 aliphatic carbocycles. The third kappa shape index (κ3) is 4.18. The molecule has 0 aromatic heterocycles. The van der Waals surface area contributed by atoms with Crippen LogP contribution in [0.25, 0.3) is 6.08 Å². The summed E-state index contributed by atoms with van der Waals surface area (Å²) in [4.78, 5) is 5.38. The minimum absolute atomic E-state index is 0.811. The second-order valence-corrected chi connectivity index (χ2v) is 6.68. The summed E-state index contributed by atoms with van der Waals surface area (Å²) in [5, 5.41) is 0. The van der Waals surface area contributed by atoms with Gasteiger partial charge in [0, 0.05) is 19.1 Å². The predicted molar refractivity (Wildman–Crippen MR) is 90.4 cm³/mol. The lowest BCUT2D eigenvalue weighted by Crippen LogP contribution is -2.47. The third-order valence-electron chi connectivity index (χ3n) is 4.82. The highest BCUT2D eigenvalue weighted by molar-refractivity contribution is 5.52. The monoisotopic (exact) mass is 284 g/mol. The van der Waals surface area contributed by atoms with Crippen LogP contribution in [0.4, 0.5) is 0 Å². The van der Waals surface area contributed by atoms with E-state index in [1.807, 2.05) is 0 Å². The molecule has 0 unspecified atom stereocenters. The van der Waals surface area contributed by atoms with Crippen molar-refractivity contribution in [2.75, 3.05) is 32.7 Å². The normalized spacial score (nSPS) is 25.4. The number of nitrogens with zero attached hydrogens (tertiary/aromatic N) is 2. The van der Waals surface area contributed by atoms with Crippen LogP contribution in [0.15, 0.2) is 35.9 Å².